The van der Waals surface area contributed by atoms with Crippen LogP contribution in [0.1, 0.15) is 36.4 Å². The Morgan fingerprint density at radius 2 is 2.07 bits per heavy atom. The normalized spacial score (nSPS) is 19.8. The van der Waals surface area contributed by atoms with E-state index in [-0.39, 0.29) is 5.78 Å². The lowest BCUT2D eigenvalue weighted by molar-refractivity contribution is -0.113. The Hall–Kier alpha value is -2.99. The monoisotopic (exact) mass is 401 g/mol. The lowest BCUT2D eigenvalue weighted by Gasteiger charge is -2.40. The molecule has 6 heteroatoms. The van der Waals surface area contributed by atoms with Gasteiger partial charge in [0.1, 0.15) is 0 Å². The number of likely N-dealkylation sites (N-methyl/N-ethyl adjacent to an activating group) is 1. The number of aromatic nitrogens is 3. The van der Waals surface area contributed by atoms with E-state index in [1.807, 2.05) is 29.8 Å². The van der Waals surface area contributed by atoms with Crippen LogP contribution in [0.25, 0.3) is 17.3 Å². The molecule has 30 heavy (non-hydrogen) atoms. The highest BCUT2D eigenvalue weighted by atomic mass is 16.1. The van der Waals surface area contributed by atoms with Gasteiger partial charge >= 0.3 is 0 Å². The molecule has 2 aromatic heterocycles. The second-order valence-corrected chi connectivity index (χ2v) is 8.39. The summed E-state index contributed by atoms with van der Waals surface area (Å²) in [7, 11) is 0. The fraction of sp³-hybridized carbons (Fsp3) is 0.375. The van der Waals surface area contributed by atoms with Crippen molar-refractivity contribution in [1.29, 1.82) is 0 Å². The Morgan fingerprint density at radius 1 is 1.20 bits per heavy atom. The smallest absolute Gasteiger partial charge is 0.169 e. The van der Waals surface area contributed by atoms with Crippen LogP contribution < -0.4 is 4.90 Å². The summed E-state index contributed by atoms with van der Waals surface area (Å²) in [6.07, 6.45) is 8.00. The molecule has 0 spiro atoms. The molecule has 0 bridgehead atoms. The molecule has 2 aliphatic rings. The zero-order chi connectivity index (χ0) is 20.8. The molecular formula is C24H27N5O. The van der Waals surface area contributed by atoms with E-state index >= 15 is 0 Å². The highest BCUT2D eigenvalue weighted by Gasteiger charge is 2.25. The third-order valence-electron chi connectivity index (χ3n) is 6.36. The van der Waals surface area contributed by atoms with Gasteiger partial charge in [0.2, 0.25) is 0 Å². The molecule has 1 atom stereocenters. The van der Waals surface area contributed by atoms with E-state index in [0.717, 1.165) is 48.6 Å². The third-order valence-corrected chi connectivity index (χ3v) is 6.36. The number of benzene rings is 1. The van der Waals surface area contributed by atoms with E-state index in [9.17, 15) is 4.79 Å². The number of anilines is 1. The second kappa shape index (κ2) is 7.36. The van der Waals surface area contributed by atoms with Crippen LogP contribution in [-0.2, 0) is 11.2 Å². The number of fused-ring (bicyclic) bond motifs is 2. The summed E-state index contributed by atoms with van der Waals surface area (Å²) in [5.74, 6) is 0.122. The summed E-state index contributed by atoms with van der Waals surface area (Å²) in [6.45, 7) is 10.7. The first-order valence-electron chi connectivity index (χ1n) is 10.7. The number of imidazole rings is 1. The fourth-order valence-electron chi connectivity index (χ4n) is 4.63. The highest BCUT2D eigenvalue weighted by Crippen LogP contribution is 2.31. The number of Topliss-reactive ketones (excluding diaryl/α,β-unsaturated/α-hetero) is 1. The van der Waals surface area contributed by atoms with Crippen LogP contribution in [0.4, 0.5) is 5.69 Å². The molecule has 5 rings (SSSR count). The number of nitrogens with zero attached hydrogens (tertiary/aromatic N) is 5. The van der Waals surface area contributed by atoms with Crippen LogP contribution in [0.2, 0.25) is 0 Å². The molecule has 1 aromatic carbocycles. The Bertz CT molecular complexity index is 1160. The summed E-state index contributed by atoms with van der Waals surface area (Å²) in [4.78, 5) is 26.8. The molecule has 0 saturated carbocycles. The van der Waals surface area contributed by atoms with Gasteiger partial charge in [0, 0.05) is 55.8 Å². The van der Waals surface area contributed by atoms with E-state index in [0.29, 0.717) is 23.7 Å². The molecule has 154 valence electrons. The van der Waals surface area contributed by atoms with Crippen molar-refractivity contribution >= 4 is 28.8 Å². The maximum absolute atomic E-state index is 13.0. The van der Waals surface area contributed by atoms with Gasteiger partial charge < -0.3 is 9.30 Å². The number of allylic oxidation sites excluding steroid dienone is 1. The van der Waals surface area contributed by atoms with E-state index in [4.69, 9.17) is 0 Å². The molecule has 1 fully saturated rings. The maximum Gasteiger partial charge on any atom is 0.169 e. The average molecular weight is 402 g/mol. The topological polar surface area (TPSA) is 53.7 Å². The lowest BCUT2D eigenvalue weighted by atomic mass is 9.89. The van der Waals surface area contributed by atoms with Crippen LogP contribution in [0.5, 0.6) is 0 Å². The van der Waals surface area contributed by atoms with Crippen molar-refractivity contribution in [3.8, 4) is 0 Å². The summed E-state index contributed by atoms with van der Waals surface area (Å²) < 4.78 is 1.93. The molecule has 6 nitrogen and oxygen atoms in total. The predicted octanol–water partition coefficient (Wildman–Crippen LogP) is 3.23. The molecule has 1 unspecified atom stereocenters. The van der Waals surface area contributed by atoms with Crippen molar-refractivity contribution in [2.75, 3.05) is 31.1 Å². The van der Waals surface area contributed by atoms with Gasteiger partial charge in [0.25, 0.3) is 0 Å². The Labute approximate surface area is 176 Å². The molecule has 0 amide bonds. The average Bonchev–Trinajstić information content (AvgIpc) is 3.15. The first-order valence-corrected chi connectivity index (χ1v) is 10.7. The quantitative estimate of drug-likeness (QED) is 0.674. The van der Waals surface area contributed by atoms with Gasteiger partial charge in [-0.2, -0.15) is 0 Å². The van der Waals surface area contributed by atoms with E-state index < -0.39 is 0 Å². The molecule has 0 radical (unpaired) electrons. The predicted molar refractivity (Wildman–Crippen MR) is 120 cm³/mol. The van der Waals surface area contributed by atoms with Crippen molar-refractivity contribution in [2.45, 2.75) is 33.2 Å². The van der Waals surface area contributed by atoms with Gasteiger partial charge in [-0.25, -0.2) is 4.98 Å². The summed E-state index contributed by atoms with van der Waals surface area (Å²) >= 11 is 0. The number of hydrogen-bond acceptors (Lipinski definition) is 5. The third kappa shape index (κ3) is 3.31. The minimum atomic E-state index is 0.122. The van der Waals surface area contributed by atoms with Crippen LogP contribution in [-0.4, -0.2) is 57.3 Å². The number of ketones is 1. The van der Waals surface area contributed by atoms with Gasteiger partial charge in [0.15, 0.2) is 11.4 Å². The number of rotatable bonds is 3. The van der Waals surface area contributed by atoms with Crippen molar-refractivity contribution < 1.29 is 4.79 Å². The largest absolute Gasteiger partial charge is 0.369 e. The number of piperazine rings is 1. The summed E-state index contributed by atoms with van der Waals surface area (Å²) in [5, 5.41) is 0. The molecule has 1 aliphatic heterocycles. The van der Waals surface area contributed by atoms with Crippen LogP contribution in [0, 0.1) is 6.92 Å². The van der Waals surface area contributed by atoms with Gasteiger partial charge in [0.05, 0.1) is 17.6 Å². The Morgan fingerprint density at radius 3 is 2.87 bits per heavy atom. The summed E-state index contributed by atoms with van der Waals surface area (Å²) in [6, 6.07) is 7.08. The maximum atomic E-state index is 13.0. The first kappa shape index (κ1) is 19.0. The molecule has 1 saturated heterocycles. The minimum Gasteiger partial charge on any atom is -0.369 e. The summed E-state index contributed by atoms with van der Waals surface area (Å²) in [5.41, 5.74) is 6.50. The number of hydrogen-bond donors (Lipinski definition) is 0. The molecular weight excluding hydrogens is 374 g/mol. The number of aryl methyl sites for hydroxylation is 1. The first-order chi connectivity index (χ1) is 14.5. The zero-order valence-corrected chi connectivity index (χ0v) is 17.8. The lowest BCUT2D eigenvalue weighted by Crippen LogP contribution is -2.51. The number of carbonyl (C=O) groups is 1. The van der Waals surface area contributed by atoms with E-state index in [1.54, 1.807) is 6.20 Å². The number of carbonyl (C=O) groups excluding carboxylic acids is 1. The van der Waals surface area contributed by atoms with Gasteiger partial charge in [-0.15, -0.1) is 0 Å². The van der Waals surface area contributed by atoms with Gasteiger partial charge in [-0.3, -0.25) is 14.7 Å². The minimum absolute atomic E-state index is 0.122. The van der Waals surface area contributed by atoms with Crippen molar-refractivity contribution in [2.24, 2.45) is 0 Å². The Balaban J connectivity index is 1.44. The van der Waals surface area contributed by atoms with Crippen molar-refractivity contribution in [3.05, 3.63) is 59.3 Å². The second-order valence-electron chi connectivity index (χ2n) is 8.39. The standard InChI is InChI=1S/C24H27N5O/c1-4-27-7-8-28(14-17(27)3)20-6-5-18-10-21(23(30)11-19(18)9-20)22-15-29-13-16(2)25-12-24(29)26-22/h5-6,9-10,12-13,15,17H,4,7-8,11,14H2,1-3H3. The highest BCUT2D eigenvalue weighted by molar-refractivity contribution is 6.27. The van der Waals surface area contributed by atoms with Crippen molar-refractivity contribution in [3.63, 3.8) is 0 Å². The molecule has 3 heterocycles. The molecule has 1 aliphatic carbocycles. The van der Waals surface area contributed by atoms with E-state index in [1.165, 1.54) is 5.69 Å². The van der Waals surface area contributed by atoms with Crippen LogP contribution >= 0.6 is 0 Å². The SMILES string of the molecule is CCN1CCN(c2ccc3c(c2)CC(=O)C(c2cn4cc(C)ncc4n2)=C3)CC1C. The molecule has 0 N–H and O–H groups in total. The van der Waals surface area contributed by atoms with Gasteiger partial charge in [-0.05, 0) is 49.7 Å². The van der Waals surface area contributed by atoms with Crippen LogP contribution in [0.3, 0.4) is 0 Å². The zero-order valence-electron chi connectivity index (χ0n) is 17.8. The Kier molecular flexibility index (Phi) is 4.66. The fourth-order valence-corrected chi connectivity index (χ4v) is 4.63. The molecule has 3 aromatic rings. The van der Waals surface area contributed by atoms with Crippen molar-refractivity contribution in [1.82, 2.24) is 19.3 Å². The van der Waals surface area contributed by atoms with Crippen LogP contribution in [0.15, 0.2) is 36.8 Å². The van der Waals surface area contributed by atoms with Gasteiger partial charge in [-0.1, -0.05) is 13.0 Å². The van der Waals surface area contributed by atoms with E-state index in [2.05, 4.69) is 51.8 Å².